The third-order valence-electron chi connectivity index (χ3n) is 2.82. The molecule has 3 nitrogen and oxygen atoms in total. The molecule has 2 aromatic heterocycles. The molecular formula is C13H17N3S. The van der Waals surface area contributed by atoms with Crippen LogP contribution in [0.3, 0.4) is 0 Å². The van der Waals surface area contributed by atoms with E-state index in [0.717, 1.165) is 29.8 Å². The molecule has 90 valence electrons. The predicted octanol–water partition coefficient (Wildman–Crippen LogP) is 2.79. The minimum Gasteiger partial charge on any atom is -0.324 e. The summed E-state index contributed by atoms with van der Waals surface area (Å²) >= 11 is 1.78. The molecule has 0 radical (unpaired) electrons. The highest BCUT2D eigenvalue weighted by atomic mass is 32.1. The van der Waals surface area contributed by atoms with Crippen LogP contribution in [-0.2, 0) is 6.42 Å². The van der Waals surface area contributed by atoms with E-state index in [4.69, 9.17) is 5.73 Å². The van der Waals surface area contributed by atoms with Crippen molar-refractivity contribution in [2.24, 2.45) is 5.73 Å². The molecule has 1 atom stereocenters. The average Bonchev–Trinajstić information content (AvgIpc) is 2.82. The van der Waals surface area contributed by atoms with E-state index in [1.54, 1.807) is 11.3 Å². The van der Waals surface area contributed by atoms with E-state index in [1.807, 2.05) is 19.9 Å². The maximum atomic E-state index is 6.22. The van der Waals surface area contributed by atoms with Crippen LogP contribution in [0.15, 0.2) is 23.6 Å². The third-order valence-corrected chi connectivity index (χ3v) is 3.76. The number of nitrogens with zero attached hydrogens (tertiary/aromatic N) is 2. The van der Waals surface area contributed by atoms with Gasteiger partial charge in [0.25, 0.3) is 0 Å². The van der Waals surface area contributed by atoms with Gasteiger partial charge in [-0.05, 0) is 49.8 Å². The van der Waals surface area contributed by atoms with Crippen molar-refractivity contribution in [2.75, 3.05) is 0 Å². The highest BCUT2D eigenvalue weighted by Crippen LogP contribution is 2.20. The maximum Gasteiger partial charge on any atom is 0.0648 e. The first-order valence-corrected chi connectivity index (χ1v) is 6.63. The summed E-state index contributed by atoms with van der Waals surface area (Å²) in [5.74, 6) is 0. The average molecular weight is 247 g/mol. The second-order valence-corrected chi connectivity index (χ2v) is 5.28. The molecule has 0 spiro atoms. The van der Waals surface area contributed by atoms with Crippen LogP contribution in [0, 0.1) is 13.8 Å². The van der Waals surface area contributed by atoms with Crippen molar-refractivity contribution in [1.29, 1.82) is 0 Å². The summed E-state index contributed by atoms with van der Waals surface area (Å²) in [5.41, 5.74) is 9.20. The molecule has 0 aliphatic carbocycles. The fraction of sp³-hybridized carbons (Fsp3) is 0.385. The Morgan fingerprint density at radius 1 is 1.35 bits per heavy atom. The lowest BCUT2D eigenvalue weighted by Crippen LogP contribution is -2.14. The molecule has 2 rings (SSSR count). The molecule has 0 aromatic carbocycles. The molecule has 2 heterocycles. The molecule has 0 aliphatic rings. The second kappa shape index (κ2) is 5.38. The van der Waals surface area contributed by atoms with Gasteiger partial charge < -0.3 is 5.73 Å². The van der Waals surface area contributed by atoms with Crippen molar-refractivity contribution in [3.8, 4) is 0 Å². The number of thiophene rings is 1. The molecule has 1 unspecified atom stereocenters. The van der Waals surface area contributed by atoms with Crippen LogP contribution >= 0.6 is 11.3 Å². The Kier molecular flexibility index (Phi) is 3.86. The van der Waals surface area contributed by atoms with Gasteiger partial charge in [-0.2, -0.15) is 10.2 Å². The molecule has 0 saturated carbocycles. The molecule has 2 aromatic rings. The number of rotatable bonds is 4. The van der Waals surface area contributed by atoms with Gasteiger partial charge >= 0.3 is 0 Å². The van der Waals surface area contributed by atoms with E-state index in [9.17, 15) is 0 Å². The van der Waals surface area contributed by atoms with Crippen molar-refractivity contribution >= 4 is 11.3 Å². The number of nitrogens with two attached hydrogens (primary N) is 1. The predicted molar refractivity (Wildman–Crippen MR) is 71.1 cm³/mol. The highest BCUT2D eigenvalue weighted by Gasteiger charge is 2.11. The Bertz CT molecular complexity index is 479. The Balaban J connectivity index is 2.04. The molecule has 17 heavy (non-hydrogen) atoms. The van der Waals surface area contributed by atoms with Gasteiger partial charge in [0.1, 0.15) is 0 Å². The van der Waals surface area contributed by atoms with Crippen molar-refractivity contribution < 1.29 is 0 Å². The fourth-order valence-corrected chi connectivity index (χ4v) is 2.58. The van der Waals surface area contributed by atoms with Gasteiger partial charge in [-0.3, -0.25) is 0 Å². The van der Waals surface area contributed by atoms with E-state index in [0.29, 0.717) is 0 Å². The zero-order valence-electron chi connectivity index (χ0n) is 10.2. The smallest absolute Gasteiger partial charge is 0.0648 e. The summed E-state index contributed by atoms with van der Waals surface area (Å²) < 4.78 is 0. The molecule has 4 heteroatoms. The second-order valence-electron chi connectivity index (χ2n) is 4.25. The summed E-state index contributed by atoms with van der Waals surface area (Å²) in [4.78, 5) is 1.39. The Labute approximate surface area is 106 Å². The van der Waals surface area contributed by atoms with Crippen LogP contribution in [0.1, 0.15) is 34.3 Å². The Morgan fingerprint density at radius 3 is 2.88 bits per heavy atom. The van der Waals surface area contributed by atoms with Crippen LogP contribution in [0.25, 0.3) is 0 Å². The van der Waals surface area contributed by atoms with Crippen LogP contribution in [0.4, 0.5) is 0 Å². The van der Waals surface area contributed by atoms with Crippen molar-refractivity contribution in [2.45, 2.75) is 32.7 Å². The van der Waals surface area contributed by atoms with Gasteiger partial charge in [-0.1, -0.05) is 6.07 Å². The van der Waals surface area contributed by atoms with Gasteiger partial charge in [-0.15, -0.1) is 11.3 Å². The topological polar surface area (TPSA) is 51.8 Å². The lowest BCUT2D eigenvalue weighted by Gasteiger charge is -2.13. The quantitative estimate of drug-likeness (QED) is 0.904. The molecule has 0 fully saturated rings. The summed E-state index contributed by atoms with van der Waals surface area (Å²) in [6, 6.07) is 6.32. The highest BCUT2D eigenvalue weighted by molar-refractivity contribution is 7.09. The molecule has 2 N–H and O–H groups in total. The zero-order valence-corrected chi connectivity index (χ0v) is 11.0. The Hall–Kier alpha value is -1.26. The first kappa shape index (κ1) is 12.2. The first-order chi connectivity index (χ1) is 8.16. The summed E-state index contributed by atoms with van der Waals surface area (Å²) in [6.45, 7) is 3.91. The first-order valence-electron chi connectivity index (χ1n) is 5.75. The van der Waals surface area contributed by atoms with Crippen molar-refractivity contribution in [3.05, 3.63) is 45.4 Å². The zero-order chi connectivity index (χ0) is 12.3. The largest absolute Gasteiger partial charge is 0.324 e. The van der Waals surface area contributed by atoms with E-state index in [1.165, 1.54) is 4.88 Å². The molecular weight excluding hydrogens is 230 g/mol. The van der Waals surface area contributed by atoms with E-state index in [2.05, 4.69) is 27.7 Å². The van der Waals surface area contributed by atoms with Gasteiger partial charge in [-0.25, -0.2) is 0 Å². The molecule has 0 bridgehead atoms. The molecule has 0 aliphatic heterocycles. The lowest BCUT2D eigenvalue weighted by atomic mass is 10.0. The van der Waals surface area contributed by atoms with Crippen molar-refractivity contribution in [1.82, 2.24) is 10.2 Å². The minimum atomic E-state index is 0.0475. The van der Waals surface area contributed by atoms with Gasteiger partial charge in [0.15, 0.2) is 0 Å². The molecule has 0 amide bonds. The van der Waals surface area contributed by atoms with Crippen LogP contribution in [0.2, 0.25) is 0 Å². The van der Waals surface area contributed by atoms with Gasteiger partial charge in [0.2, 0.25) is 0 Å². The lowest BCUT2D eigenvalue weighted by molar-refractivity contribution is 0.642. The standard InChI is InChI=1S/C13H17N3S/c1-9-8-12(10(2)16-15-9)13(14)6-5-11-4-3-7-17-11/h3-4,7-8,13H,5-6,14H2,1-2H3. The van der Waals surface area contributed by atoms with Crippen LogP contribution in [-0.4, -0.2) is 10.2 Å². The monoisotopic (exact) mass is 247 g/mol. The van der Waals surface area contributed by atoms with Gasteiger partial charge in [0, 0.05) is 10.9 Å². The number of aromatic nitrogens is 2. The Morgan fingerprint density at radius 2 is 2.18 bits per heavy atom. The van der Waals surface area contributed by atoms with Crippen LogP contribution < -0.4 is 5.73 Å². The normalized spacial score (nSPS) is 12.6. The maximum absolute atomic E-state index is 6.22. The number of hydrogen-bond acceptors (Lipinski definition) is 4. The SMILES string of the molecule is Cc1cc(C(N)CCc2cccs2)c(C)nn1. The summed E-state index contributed by atoms with van der Waals surface area (Å²) in [5, 5.41) is 10.2. The van der Waals surface area contributed by atoms with Gasteiger partial charge in [0.05, 0.1) is 11.4 Å². The van der Waals surface area contributed by atoms with E-state index < -0.39 is 0 Å². The summed E-state index contributed by atoms with van der Waals surface area (Å²) in [6.07, 6.45) is 1.98. The summed E-state index contributed by atoms with van der Waals surface area (Å²) in [7, 11) is 0. The number of hydrogen-bond donors (Lipinski definition) is 1. The fourth-order valence-electron chi connectivity index (χ4n) is 1.85. The molecule has 0 saturated heterocycles. The van der Waals surface area contributed by atoms with E-state index >= 15 is 0 Å². The minimum absolute atomic E-state index is 0.0475. The third kappa shape index (κ3) is 3.11. The van der Waals surface area contributed by atoms with Crippen molar-refractivity contribution in [3.63, 3.8) is 0 Å². The van der Waals surface area contributed by atoms with E-state index in [-0.39, 0.29) is 6.04 Å². The van der Waals surface area contributed by atoms with Crippen LogP contribution in [0.5, 0.6) is 0 Å². The number of aryl methyl sites for hydroxylation is 3.